The van der Waals surface area contributed by atoms with Crippen molar-refractivity contribution in [3.8, 4) is 17.0 Å². The molecule has 0 bridgehead atoms. The number of ether oxygens (including phenoxy) is 1. The van der Waals surface area contributed by atoms with E-state index in [0.29, 0.717) is 5.82 Å². The quantitative estimate of drug-likeness (QED) is 0.723. The van der Waals surface area contributed by atoms with E-state index in [1.54, 1.807) is 11.8 Å². The van der Waals surface area contributed by atoms with Gasteiger partial charge in [0.15, 0.2) is 0 Å². The van der Waals surface area contributed by atoms with Crippen molar-refractivity contribution in [2.75, 3.05) is 12.8 Å². The number of nitrogens with two attached hydrogens (primary N) is 1. The predicted octanol–water partition coefficient (Wildman–Crippen LogP) is 2.16. The normalized spacial score (nSPS) is 11.0. The molecule has 0 saturated heterocycles. The van der Waals surface area contributed by atoms with Crippen molar-refractivity contribution >= 4 is 16.7 Å². The van der Waals surface area contributed by atoms with E-state index < -0.39 is 0 Å². The van der Waals surface area contributed by atoms with Crippen molar-refractivity contribution in [3.63, 3.8) is 0 Å². The van der Waals surface area contributed by atoms with Gasteiger partial charge in [0.05, 0.1) is 18.3 Å². The fraction of sp³-hybridized carbons (Fsp3) is 0.154. The molecule has 0 fully saturated rings. The molecule has 0 aliphatic carbocycles. The topological polar surface area (TPSA) is 68.9 Å². The summed E-state index contributed by atoms with van der Waals surface area (Å²) in [6.07, 6.45) is 1.89. The molecule has 0 radical (unpaired) electrons. The lowest BCUT2D eigenvalue weighted by Gasteiger charge is -2.05. The zero-order chi connectivity index (χ0) is 12.7. The molecule has 0 atom stereocenters. The Labute approximate surface area is 104 Å². The van der Waals surface area contributed by atoms with Gasteiger partial charge in [-0.3, -0.25) is 4.68 Å². The Morgan fingerprint density at radius 2 is 2.17 bits per heavy atom. The van der Waals surface area contributed by atoms with Crippen LogP contribution < -0.4 is 10.5 Å². The third-order valence-electron chi connectivity index (χ3n) is 3.10. The van der Waals surface area contributed by atoms with Crippen LogP contribution in [0.4, 0.5) is 5.82 Å². The van der Waals surface area contributed by atoms with E-state index >= 15 is 0 Å². The van der Waals surface area contributed by atoms with Gasteiger partial charge in [-0.05, 0) is 18.2 Å². The molecule has 1 aromatic carbocycles. The number of hydrogen-bond donors (Lipinski definition) is 2. The Kier molecular flexibility index (Phi) is 2.26. The summed E-state index contributed by atoms with van der Waals surface area (Å²) in [6, 6.07) is 7.81. The lowest BCUT2D eigenvalue weighted by molar-refractivity contribution is 0.419. The number of nitrogens with zero attached hydrogens (tertiary/aromatic N) is 2. The van der Waals surface area contributed by atoms with Crippen molar-refractivity contribution in [1.29, 1.82) is 0 Å². The number of rotatable bonds is 2. The van der Waals surface area contributed by atoms with Crippen molar-refractivity contribution < 1.29 is 4.74 Å². The number of aromatic nitrogens is 3. The monoisotopic (exact) mass is 242 g/mol. The second-order valence-electron chi connectivity index (χ2n) is 4.16. The van der Waals surface area contributed by atoms with Gasteiger partial charge >= 0.3 is 0 Å². The molecular formula is C13H14N4O. The average Bonchev–Trinajstić information content (AvgIpc) is 2.96. The standard InChI is InChI=1S/C13H14N4O/c1-17-12(14)7-10(16-17)8-3-4-11(18-2)13-9(8)5-6-15-13/h3-7,15H,14H2,1-2H3. The van der Waals surface area contributed by atoms with Gasteiger partial charge in [0, 0.05) is 30.3 Å². The van der Waals surface area contributed by atoms with Gasteiger partial charge in [-0.25, -0.2) is 0 Å². The lowest BCUT2D eigenvalue weighted by Crippen LogP contribution is -1.96. The molecule has 2 heterocycles. The summed E-state index contributed by atoms with van der Waals surface area (Å²) in [5.74, 6) is 1.46. The molecule has 0 spiro atoms. The fourth-order valence-electron chi connectivity index (χ4n) is 2.14. The molecule has 0 amide bonds. The van der Waals surface area contributed by atoms with Crippen molar-refractivity contribution in [2.24, 2.45) is 7.05 Å². The third kappa shape index (κ3) is 1.44. The van der Waals surface area contributed by atoms with Gasteiger partial charge in [0.1, 0.15) is 11.6 Å². The molecular weight excluding hydrogens is 228 g/mol. The van der Waals surface area contributed by atoms with Gasteiger partial charge in [0.25, 0.3) is 0 Å². The zero-order valence-corrected chi connectivity index (χ0v) is 10.3. The molecule has 18 heavy (non-hydrogen) atoms. The Balaban J connectivity index is 2.27. The van der Waals surface area contributed by atoms with E-state index in [0.717, 1.165) is 27.9 Å². The highest BCUT2D eigenvalue weighted by Crippen LogP contribution is 2.33. The van der Waals surface area contributed by atoms with Crippen LogP contribution in [0.25, 0.3) is 22.2 Å². The minimum absolute atomic E-state index is 0.643. The fourth-order valence-corrected chi connectivity index (χ4v) is 2.14. The highest BCUT2D eigenvalue weighted by molar-refractivity contribution is 5.97. The van der Waals surface area contributed by atoms with Gasteiger partial charge in [0.2, 0.25) is 0 Å². The van der Waals surface area contributed by atoms with Gasteiger partial charge in [-0.2, -0.15) is 5.10 Å². The summed E-state index contributed by atoms with van der Waals surface area (Å²) in [6.45, 7) is 0. The molecule has 5 nitrogen and oxygen atoms in total. The second-order valence-corrected chi connectivity index (χ2v) is 4.16. The summed E-state index contributed by atoms with van der Waals surface area (Å²) in [4.78, 5) is 3.18. The first-order valence-electron chi connectivity index (χ1n) is 5.64. The van der Waals surface area contributed by atoms with Crippen LogP contribution in [-0.2, 0) is 7.05 Å². The number of nitrogen functional groups attached to an aromatic ring is 1. The van der Waals surface area contributed by atoms with E-state index in [2.05, 4.69) is 10.1 Å². The minimum Gasteiger partial charge on any atom is -0.495 e. The molecule has 0 unspecified atom stereocenters. The summed E-state index contributed by atoms with van der Waals surface area (Å²) >= 11 is 0. The van der Waals surface area contributed by atoms with Crippen molar-refractivity contribution in [2.45, 2.75) is 0 Å². The SMILES string of the molecule is COc1ccc(-c2cc(N)n(C)n2)c2cc[nH]c12. The Morgan fingerprint density at radius 3 is 2.83 bits per heavy atom. The number of hydrogen-bond acceptors (Lipinski definition) is 3. The summed E-state index contributed by atoms with van der Waals surface area (Å²) in [5.41, 5.74) is 8.70. The number of nitrogens with one attached hydrogen (secondary N) is 1. The van der Waals surface area contributed by atoms with E-state index in [1.165, 1.54) is 0 Å². The number of H-pyrrole nitrogens is 1. The smallest absolute Gasteiger partial charge is 0.142 e. The van der Waals surface area contributed by atoms with Crippen LogP contribution in [0.15, 0.2) is 30.5 Å². The number of fused-ring (bicyclic) bond motifs is 1. The predicted molar refractivity (Wildman–Crippen MR) is 71.5 cm³/mol. The first-order valence-corrected chi connectivity index (χ1v) is 5.64. The van der Waals surface area contributed by atoms with E-state index in [9.17, 15) is 0 Å². The van der Waals surface area contributed by atoms with E-state index in [1.807, 2.05) is 37.5 Å². The molecule has 3 aromatic rings. The largest absolute Gasteiger partial charge is 0.495 e. The van der Waals surface area contributed by atoms with Crippen LogP contribution in [0.1, 0.15) is 0 Å². The Morgan fingerprint density at radius 1 is 1.33 bits per heavy atom. The molecule has 5 heteroatoms. The molecule has 92 valence electrons. The molecule has 0 aliphatic rings. The summed E-state index contributed by atoms with van der Waals surface area (Å²) < 4.78 is 6.99. The average molecular weight is 242 g/mol. The van der Waals surface area contributed by atoms with Crippen LogP contribution in [0.3, 0.4) is 0 Å². The summed E-state index contributed by atoms with van der Waals surface area (Å²) in [5, 5.41) is 5.48. The lowest BCUT2D eigenvalue weighted by atomic mass is 10.1. The summed E-state index contributed by atoms with van der Waals surface area (Å²) in [7, 11) is 3.49. The van der Waals surface area contributed by atoms with Gasteiger partial charge < -0.3 is 15.5 Å². The van der Waals surface area contributed by atoms with Gasteiger partial charge in [-0.1, -0.05) is 0 Å². The third-order valence-corrected chi connectivity index (χ3v) is 3.10. The van der Waals surface area contributed by atoms with E-state index in [-0.39, 0.29) is 0 Å². The number of benzene rings is 1. The number of anilines is 1. The maximum atomic E-state index is 5.82. The molecule has 3 rings (SSSR count). The first-order chi connectivity index (χ1) is 8.70. The zero-order valence-electron chi connectivity index (χ0n) is 10.3. The van der Waals surface area contributed by atoms with E-state index in [4.69, 9.17) is 10.5 Å². The Bertz CT molecular complexity index is 691. The highest BCUT2D eigenvalue weighted by Gasteiger charge is 2.12. The van der Waals surface area contributed by atoms with Crippen LogP contribution in [-0.4, -0.2) is 21.9 Å². The first kappa shape index (κ1) is 10.7. The van der Waals surface area contributed by atoms with Crippen molar-refractivity contribution in [1.82, 2.24) is 14.8 Å². The van der Waals surface area contributed by atoms with Crippen LogP contribution in [0.2, 0.25) is 0 Å². The molecule has 0 aliphatic heterocycles. The minimum atomic E-state index is 0.643. The number of aromatic amines is 1. The number of aryl methyl sites for hydroxylation is 1. The highest BCUT2D eigenvalue weighted by atomic mass is 16.5. The maximum absolute atomic E-state index is 5.82. The van der Waals surface area contributed by atoms with Crippen LogP contribution in [0, 0.1) is 0 Å². The van der Waals surface area contributed by atoms with Crippen LogP contribution in [0.5, 0.6) is 5.75 Å². The van der Waals surface area contributed by atoms with Gasteiger partial charge in [-0.15, -0.1) is 0 Å². The van der Waals surface area contributed by atoms with Crippen LogP contribution >= 0.6 is 0 Å². The van der Waals surface area contributed by atoms with Crippen molar-refractivity contribution in [3.05, 3.63) is 30.5 Å². The molecule has 0 saturated carbocycles. The Hall–Kier alpha value is -2.43. The molecule has 3 N–H and O–H groups in total. The second kappa shape index (κ2) is 3.80. The number of methoxy groups -OCH3 is 1. The molecule has 2 aromatic heterocycles. The maximum Gasteiger partial charge on any atom is 0.142 e.